The minimum Gasteiger partial charge on any atom is -0.455 e. The normalized spacial score (nSPS) is 14.3. The lowest BCUT2D eigenvalue weighted by Gasteiger charge is -2.29. The topological polar surface area (TPSA) is 16.4 Å². The molecule has 2 heteroatoms. The first kappa shape index (κ1) is 30.2. The highest BCUT2D eigenvalue weighted by atomic mass is 16.3. The Labute approximate surface area is 303 Å². The Morgan fingerprint density at radius 1 is 0.577 bits per heavy atom. The van der Waals surface area contributed by atoms with Gasteiger partial charge in [0.25, 0.3) is 0 Å². The summed E-state index contributed by atoms with van der Waals surface area (Å²) in [5.74, 6) is 0. The highest BCUT2D eigenvalue weighted by Gasteiger charge is 2.38. The van der Waals surface area contributed by atoms with E-state index in [1.54, 1.807) is 0 Å². The van der Waals surface area contributed by atoms with Crippen molar-refractivity contribution in [2.75, 3.05) is 4.90 Å². The second-order valence-electron chi connectivity index (χ2n) is 14.2. The van der Waals surface area contributed by atoms with E-state index in [9.17, 15) is 0 Å². The number of allylic oxidation sites excluding steroid dienone is 4. The lowest BCUT2D eigenvalue weighted by atomic mass is 9.82. The fourth-order valence-corrected chi connectivity index (χ4v) is 8.27. The first-order valence-corrected chi connectivity index (χ1v) is 17.9. The van der Waals surface area contributed by atoms with Gasteiger partial charge in [-0.25, -0.2) is 0 Å². The third-order valence-corrected chi connectivity index (χ3v) is 10.9. The average molecular weight is 666 g/mol. The van der Waals surface area contributed by atoms with Crippen LogP contribution in [0.15, 0.2) is 192 Å². The van der Waals surface area contributed by atoms with E-state index in [0.717, 1.165) is 50.1 Å². The molecule has 10 rings (SSSR count). The maximum atomic E-state index is 6.66. The summed E-state index contributed by atoms with van der Waals surface area (Å²) >= 11 is 0. The molecule has 52 heavy (non-hydrogen) atoms. The van der Waals surface area contributed by atoms with Gasteiger partial charge in [0, 0.05) is 44.1 Å². The first-order valence-electron chi connectivity index (χ1n) is 17.9. The molecule has 2 aliphatic carbocycles. The molecule has 0 unspecified atom stereocenters. The number of hydrogen-bond donors (Lipinski definition) is 0. The smallest absolute Gasteiger partial charge is 0.143 e. The minimum atomic E-state index is -0.167. The van der Waals surface area contributed by atoms with Crippen molar-refractivity contribution in [2.45, 2.75) is 19.3 Å². The van der Waals surface area contributed by atoms with Crippen molar-refractivity contribution >= 4 is 49.7 Å². The van der Waals surface area contributed by atoms with Crippen molar-refractivity contribution in [3.05, 3.63) is 204 Å². The van der Waals surface area contributed by atoms with Crippen LogP contribution in [0.3, 0.4) is 0 Å². The van der Waals surface area contributed by atoms with Gasteiger partial charge in [-0.1, -0.05) is 141 Å². The average Bonchev–Trinajstić information content (AvgIpc) is 3.55. The van der Waals surface area contributed by atoms with E-state index in [-0.39, 0.29) is 5.41 Å². The van der Waals surface area contributed by atoms with Crippen LogP contribution in [-0.4, -0.2) is 0 Å². The summed E-state index contributed by atoms with van der Waals surface area (Å²) in [5.41, 5.74) is 18.2. The largest absolute Gasteiger partial charge is 0.455 e. The van der Waals surface area contributed by atoms with E-state index >= 15 is 0 Å². The summed E-state index contributed by atoms with van der Waals surface area (Å²) in [5, 5.41) is 4.70. The minimum absolute atomic E-state index is 0.167. The molecule has 2 aliphatic rings. The van der Waals surface area contributed by atoms with Crippen molar-refractivity contribution in [2.24, 2.45) is 0 Å². The Morgan fingerprint density at radius 2 is 1.29 bits per heavy atom. The van der Waals surface area contributed by atoms with Crippen LogP contribution >= 0.6 is 0 Å². The molecule has 0 saturated carbocycles. The summed E-state index contributed by atoms with van der Waals surface area (Å²) in [6.45, 7) is 4.66. The molecular weight excluding hydrogens is 631 g/mol. The van der Waals surface area contributed by atoms with Gasteiger partial charge in [-0.2, -0.15) is 0 Å². The summed E-state index contributed by atoms with van der Waals surface area (Å²) in [6.07, 6.45) is 8.64. The Balaban J connectivity index is 1.11. The SMILES string of the molecule is CC1(C)c2ccc(N(C3=CC=C=C(c4ccc(-c5ccccc5)cc4)C=C3)c3cccc4ccccc34)cc2-c2c1ccc1c2oc2ccccc21. The Morgan fingerprint density at radius 3 is 2.15 bits per heavy atom. The molecule has 0 spiro atoms. The number of hydrogen-bond acceptors (Lipinski definition) is 2. The number of rotatable bonds is 5. The predicted octanol–water partition coefficient (Wildman–Crippen LogP) is 13.5. The lowest BCUT2D eigenvalue weighted by Crippen LogP contribution is -2.17. The summed E-state index contributed by atoms with van der Waals surface area (Å²) in [6, 6.07) is 54.4. The molecule has 0 amide bonds. The molecule has 0 N–H and O–H groups in total. The molecule has 0 aliphatic heterocycles. The Hall–Kier alpha value is -6.60. The van der Waals surface area contributed by atoms with Crippen molar-refractivity contribution < 1.29 is 4.42 Å². The van der Waals surface area contributed by atoms with Gasteiger partial charge in [-0.05, 0) is 87.3 Å². The van der Waals surface area contributed by atoms with Crippen LogP contribution in [0.4, 0.5) is 11.4 Å². The quantitative estimate of drug-likeness (QED) is 0.170. The number of benzene rings is 7. The van der Waals surface area contributed by atoms with E-state index in [4.69, 9.17) is 4.42 Å². The Kier molecular flexibility index (Phi) is 6.83. The molecule has 2 nitrogen and oxygen atoms in total. The fourth-order valence-electron chi connectivity index (χ4n) is 8.27. The van der Waals surface area contributed by atoms with Crippen LogP contribution in [0, 0.1) is 0 Å². The fraction of sp³-hybridized carbons (Fsp3) is 0.0600. The van der Waals surface area contributed by atoms with E-state index in [1.807, 2.05) is 6.07 Å². The van der Waals surface area contributed by atoms with Gasteiger partial charge < -0.3 is 9.32 Å². The highest BCUT2D eigenvalue weighted by Crippen LogP contribution is 2.54. The van der Waals surface area contributed by atoms with Crippen LogP contribution in [0.25, 0.3) is 60.5 Å². The van der Waals surface area contributed by atoms with Crippen LogP contribution in [0.2, 0.25) is 0 Å². The number of anilines is 2. The van der Waals surface area contributed by atoms with Crippen molar-refractivity contribution in [1.29, 1.82) is 0 Å². The number of furan rings is 1. The zero-order valence-electron chi connectivity index (χ0n) is 29.1. The molecule has 246 valence electrons. The summed E-state index contributed by atoms with van der Waals surface area (Å²) in [4.78, 5) is 2.39. The van der Waals surface area contributed by atoms with Gasteiger partial charge in [-0.3, -0.25) is 0 Å². The Bertz CT molecular complexity index is 2830. The van der Waals surface area contributed by atoms with Gasteiger partial charge in [-0.15, -0.1) is 5.73 Å². The van der Waals surface area contributed by atoms with Crippen molar-refractivity contribution in [3.63, 3.8) is 0 Å². The number of para-hydroxylation sites is 1. The maximum absolute atomic E-state index is 6.66. The standard InChI is InChI=1S/C50H35NO/c1-50(2)44-30-28-39(32-43(44)48-45(50)31-29-42-41-19-8-9-21-47(41)52-49(42)48)51(46-20-11-16-37-14-6-7-18-40(37)46)38-17-10-15-34(26-27-38)36-24-22-35(23-25-36)33-12-4-3-5-13-33/h3-14,16-32H,1-2H3. The second-order valence-corrected chi connectivity index (χ2v) is 14.2. The lowest BCUT2D eigenvalue weighted by molar-refractivity contribution is 0.653. The highest BCUT2D eigenvalue weighted by molar-refractivity contribution is 6.12. The zero-order chi connectivity index (χ0) is 34.8. The monoisotopic (exact) mass is 665 g/mol. The number of nitrogens with zero attached hydrogens (tertiary/aromatic N) is 1. The summed E-state index contributed by atoms with van der Waals surface area (Å²) < 4.78 is 6.66. The van der Waals surface area contributed by atoms with Crippen LogP contribution in [0.5, 0.6) is 0 Å². The van der Waals surface area contributed by atoms with Crippen LogP contribution < -0.4 is 4.90 Å². The molecule has 0 saturated heterocycles. The van der Waals surface area contributed by atoms with Crippen molar-refractivity contribution in [3.8, 4) is 22.3 Å². The van der Waals surface area contributed by atoms with Gasteiger partial charge >= 0.3 is 0 Å². The molecule has 0 radical (unpaired) electrons. The van der Waals surface area contributed by atoms with Crippen molar-refractivity contribution in [1.82, 2.24) is 0 Å². The molecular formula is C50H35NO. The van der Waals surface area contributed by atoms with Crippen LogP contribution in [-0.2, 0) is 5.41 Å². The first-order chi connectivity index (χ1) is 25.5. The predicted molar refractivity (Wildman–Crippen MR) is 218 cm³/mol. The van der Waals surface area contributed by atoms with Gasteiger partial charge in [0.1, 0.15) is 11.2 Å². The van der Waals surface area contributed by atoms with Gasteiger partial charge in [0.05, 0.1) is 5.69 Å². The third kappa shape index (κ3) is 4.73. The third-order valence-electron chi connectivity index (χ3n) is 10.9. The molecule has 0 fully saturated rings. The van der Waals surface area contributed by atoms with E-state index < -0.39 is 0 Å². The molecule has 0 bridgehead atoms. The molecule has 1 heterocycles. The maximum Gasteiger partial charge on any atom is 0.143 e. The molecule has 1 aromatic heterocycles. The second kappa shape index (κ2) is 11.7. The molecule has 0 atom stereocenters. The van der Waals surface area contributed by atoms with Gasteiger partial charge in [0.2, 0.25) is 0 Å². The number of fused-ring (bicyclic) bond motifs is 8. The molecule has 8 aromatic rings. The zero-order valence-corrected chi connectivity index (χ0v) is 29.1. The van der Waals surface area contributed by atoms with E-state index in [1.165, 1.54) is 44.2 Å². The van der Waals surface area contributed by atoms with Crippen LogP contribution in [0.1, 0.15) is 30.5 Å². The van der Waals surface area contributed by atoms with Gasteiger partial charge in [0.15, 0.2) is 0 Å². The van der Waals surface area contributed by atoms with E-state index in [0.29, 0.717) is 0 Å². The summed E-state index contributed by atoms with van der Waals surface area (Å²) in [7, 11) is 0. The molecule has 7 aromatic carbocycles. The van der Waals surface area contributed by atoms with E-state index in [2.05, 4.69) is 194 Å².